The van der Waals surface area contributed by atoms with Gasteiger partial charge in [-0.2, -0.15) is 0 Å². The Morgan fingerprint density at radius 3 is 2.37 bits per heavy atom. The van der Waals surface area contributed by atoms with Gasteiger partial charge in [0, 0.05) is 13.0 Å². The molecule has 2 heterocycles. The largest absolute Gasteiger partial charge is 0.462 e. The number of hydrogen-bond acceptors (Lipinski definition) is 6. The van der Waals surface area contributed by atoms with Crippen LogP contribution in [-0.2, 0) is 9.53 Å². The first-order valence-electron chi connectivity index (χ1n) is 8.45. The first kappa shape index (κ1) is 18.8. The number of thiophene rings is 1. The van der Waals surface area contributed by atoms with E-state index in [4.69, 9.17) is 4.74 Å². The monoisotopic (exact) mass is 386 g/mol. The molecule has 3 rings (SSSR count). The van der Waals surface area contributed by atoms with E-state index in [2.05, 4.69) is 5.32 Å². The number of fused-ring (bicyclic) bond motifs is 1. The predicted molar refractivity (Wildman–Crippen MR) is 100 cm³/mol. The fourth-order valence-electron chi connectivity index (χ4n) is 2.80. The highest BCUT2D eigenvalue weighted by Gasteiger charge is 2.35. The number of ether oxygens (including phenoxy) is 1. The molecule has 0 spiro atoms. The molecule has 0 aliphatic carbocycles. The molecule has 1 aromatic heterocycles. The summed E-state index contributed by atoms with van der Waals surface area (Å²) in [6.45, 7) is 3.76. The van der Waals surface area contributed by atoms with Crippen molar-refractivity contribution in [1.29, 1.82) is 0 Å². The summed E-state index contributed by atoms with van der Waals surface area (Å²) < 4.78 is 4.97. The molecule has 0 atom stereocenters. The molecule has 1 aliphatic rings. The quantitative estimate of drug-likeness (QED) is 0.609. The van der Waals surface area contributed by atoms with E-state index >= 15 is 0 Å². The molecule has 0 radical (unpaired) electrons. The van der Waals surface area contributed by atoms with Crippen LogP contribution < -0.4 is 5.32 Å². The maximum absolute atomic E-state index is 12.3. The highest BCUT2D eigenvalue weighted by molar-refractivity contribution is 7.18. The summed E-state index contributed by atoms with van der Waals surface area (Å²) >= 11 is 1.13. The Kier molecular flexibility index (Phi) is 5.36. The van der Waals surface area contributed by atoms with Crippen LogP contribution in [0, 0.1) is 6.92 Å². The molecule has 2 aromatic rings. The number of nitrogens with zero attached hydrogens (tertiary/aromatic N) is 1. The number of imide groups is 1. The van der Waals surface area contributed by atoms with E-state index in [9.17, 15) is 19.2 Å². The Morgan fingerprint density at radius 2 is 1.78 bits per heavy atom. The number of aryl methyl sites for hydroxylation is 1. The highest BCUT2D eigenvalue weighted by atomic mass is 32.1. The van der Waals surface area contributed by atoms with Crippen molar-refractivity contribution in [1.82, 2.24) is 4.90 Å². The lowest BCUT2D eigenvalue weighted by Gasteiger charge is -2.13. The molecule has 1 aromatic carbocycles. The second-order valence-electron chi connectivity index (χ2n) is 5.95. The van der Waals surface area contributed by atoms with Gasteiger partial charge >= 0.3 is 5.97 Å². The standard InChI is InChI=1S/C19H18N2O5S/c1-3-26-19(25)16-11(2)10-15(27-16)20-14(22)8-9-21-17(23)12-6-4-5-7-13(12)18(21)24/h4-7,10H,3,8-9H2,1-2H3,(H,20,22). The van der Waals surface area contributed by atoms with Gasteiger partial charge in [0.2, 0.25) is 5.91 Å². The van der Waals surface area contributed by atoms with Crippen molar-refractivity contribution in [2.45, 2.75) is 20.3 Å². The fourth-order valence-corrected chi connectivity index (χ4v) is 3.78. The SMILES string of the molecule is CCOC(=O)c1sc(NC(=O)CCN2C(=O)c3ccccc3C2=O)cc1C. The Labute approximate surface area is 159 Å². The van der Waals surface area contributed by atoms with E-state index in [1.165, 1.54) is 0 Å². The van der Waals surface area contributed by atoms with Gasteiger partial charge in [-0.1, -0.05) is 12.1 Å². The summed E-state index contributed by atoms with van der Waals surface area (Å²) in [4.78, 5) is 50.1. The van der Waals surface area contributed by atoms with Crippen molar-refractivity contribution < 1.29 is 23.9 Å². The van der Waals surface area contributed by atoms with Crippen molar-refractivity contribution >= 4 is 40.0 Å². The second kappa shape index (κ2) is 7.71. The number of carbonyl (C=O) groups is 4. The Balaban J connectivity index is 1.60. The van der Waals surface area contributed by atoms with Crippen LogP contribution in [0.25, 0.3) is 0 Å². The minimum Gasteiger partial charge on any atom is -0.462 e. The summed E-state index contributed by atoms with van der Waals surface area (Å²) in [5, 5.41) is 3.21. The van der Waals surface area contributed by atoms with E-state index in [0.717, 1.165) is 16.2 Å². The van der Waals surface area contributed by atoms with Crippen LogP contribution in [0.3, 0.4) is 0 Å². The molecule has 0 saturated heterocycles. The maximum Gasteiger partial charge on any atom is 0.348 e. The number of amides is 3. The number of nitrogens with one attached hydrogen (secondary N) is 1. The number of carbonyl (C=O) groups excluding carboxylic acids is 4. The zero-order valence-electron chi connectivity index (χ0n) is 14.9. The molecule has 0 bridgehead atoms. The zero-order chi connectivity index (χ0) is 19.6. The molecule has 0 fully saturated rings. The van der Waals surface area contributed by atoms with E-state index in [-0.39, 0.29) is 37.3 Å². The van der Waals surface area contributed by atoms with Gasteiger partial charge in [-0.15, -0.1) is 11.3 Å². The van der Waals surface area contributed by atoms with E-state index in [0.29, 0.717) is 26.6 Å². The van der Waals surface area contributed by atoms with Gasteiger partial charge in [0.05, 0.1) is 22.7 Å². The molecule has 7 nitrogen and oxygen atoms in total. The molecular formula is C19H18N2O5S. The van der Waals surface area contributed by atoms with Crippen LogP contribution in [-0.4, -0.2) is 41.7 Å². The lowest BCUT2D eigenvalue weighted by atomic mass is 10.1. The lowest BCUT2D eigenvalue weighted by Crippen LogP contribution is -2.32. The summed E-state index contributed by atoms with van der Waals surface area (Å²) in [6.07, 6.45) is -0.0306. The molecule has 140 valence electrons. The molecule has 1 N–H and O–H groups in total. The van der Waals surface area contributed by atoms with Gasteiger partial charge in [0.25, 0.3) is 11.8 Å². The molecule has 0 unspecified atom stereocenters. The van der Waals surface area contributed by atoms with E-state index in [1.54, 1.807) is 44.2 Å². The van der Waals surface area contributed by atoms with Gasteiger partial charge in [-0.3, -0.25) is 19.3 Å². The number of rotatable bonds is 6. The lowest BCUT2D eigenvalue weighted by molar-refractivity contribution is -0.116. The predicted octanol–water partition coefficient (Wildman–Crippen LogP) is 2.86. The van der Waals surface area contributed by atoms with Crippen molar-refractivity contribution in [2.75, 3.05) is 18.5 Å². The van der Waals surface area contributed by atoms with Crippen molar-refractivity contribution in [2.24, 2.45) is 0 Å². The maximum atomic E-state index is 12.3. The van der Waals surface area contributed by atoms with Crippen LogP contribution in [0.5, 0.6) is 0 Å². The third-order valence-corrected chi connectivity index (χ3v) is 5.21. The second-order valence-corrected chi connectivity index (χ2v) is 7.00. The van der Waals surface area contributed by atoms with Crippen molar-refractivity contribution in [3.63, 3.8) is 0 Å². The molecule has 8 heteroatoms. The van der Waals surface area contributed by atoms with Crippen LogP contribution in [0.15, 0.2) is 30.3 Å². The summed E-state index contributed by atoms with van der Waals surface area (Å²) in [5.41, 5.74) is 1.43. The normalized spacial score (nSPS) is 12.9. The molecule has 1 aliphatic heterocycles. The number of benzene rings is 1. The smallest absolute Gasteiger partial charge is 0.348 e. The van der Waals surface area contributed by atoms with Crippen LogP contribution in [0.2, 0.25) is 0 Å². The Bertz CT molecular complexity index is 899. The fraction of sp³-hybridized carbons (Fsp3) is 0.263. The zero-order valence-corrected chi connectivity index (χ0v) is 15.7. The third kappa shape index (κ3) is 3.75. The van der Waals surface area contributed by atoms with Crippen molar-refractivity contribution in [3.8, 4) is 0 Å². The van der Waals surface area contributed by atoms with E-state index < -0.39 is 5.97 Å². The van der Waals surface area contributed by atoms with Gasteiger partial charge in [0.15, 0.2) is 0 Å². The van der Waals surface area contributed by atoms with Gasteiger partial charge < -0.3 is 10.1 Å². The number of esters is 1. The summed E-state index contributed by atoms with van der Waals surface area (Å²) in [7, 11) is 0. The topological polar surface area (TPSA) is 92.8 Å². The number of hydrogen-bond donors (Lipinski definition) is 1. The van der Waals surface area contributed by atoms with Gasteiger partial charge in [-0.25, -0.2) is 4.79 Å². The van der Waals surface area contributed by atoms with Gasteiger partial charge in [0.1, 0.15) is 4.88 Å². The van der Waals surface area contributed by atoms with Gasteiger partial charge in [-0.05, 0) is 37.6 Å². The average molecular weight is 386 g/mol. The molecule has 3 amide bonds. The van der Waals surface area contributed by atoms with Crippen LogP contribution in [0.4, 0.5) is 5.00 Å². The Morgan fingerprint density at radius 1 is 1.15 bits per heavy atom. The summed E-state index contributed by atoms with van der Waals surface area (Å²) in [6, 6.07) is 8.28. The van der Waals surface area contributed by atoms with E-state index in [1.807, 2.05) is 0 Å². The molecule has 0 saturated carbocycles. The third-order valence-electron chi connectivity index (χ3n) is 4.08. The first-order valence-corrected chi connectivity index (χ1v) is 9.26. The molecule has 27 heavy (non-hydrogen) atoms. The Hall–Kier alpha value is -3.00. The molecular weight excluding hydrogens is 368 g/mol. The first-order chi connectivity index (χ1) is 12.9. The van der Waals surface area contributed by atoms with Crippen molar-refractivity contribution in [3.05, 3.63) is 51.9 Å². The average Bonchev–Trinajstić information content (AvgIpc) is 3.12. The van der Waals surface area contributed by atoms with Crippen LogP contribution in [0.1, 0.15) is 49.3 Å². The summed E-state index contributed by atoms with van der Waals surface area (Å²) in [5.74, 6) is -1.55. The number of anilines is 1. The highest BCUT2D eigenvalue weighted by Crippen LogP contribution is 2.28. The minimum atomic E-state index is -0.425. The van der Waals surface area contributed by atoms with Crippen LogP contribution >= 0.6 is 11.3 Å². The minimum absolute atomic E-state index is 0.00668.